The van der Waals surface area contributed by atoms with Crippen molar-refractivity contribution in [1.29, 1.82) is 0 Å². The molecule has 0 atom stereocenters. The smallest absolute Gasteiger partial charge is 0.172 e. The van der Waals surface area contributed by atoms with Gasteiger partial charge in [0.15, 0.2) is 9.84 Å². The summed E-state index contributed by atoms with van der Waals surface area (Å²) in [5, 5.41) is 10.7. The Kier molecular flexibility index (Phi) is 3.18. The molecule has 0 aliphatic carbocycles. The molecule has 0 spiro atoms. The Balaban J connectivity index is 3.07. The molecule has 76 valence electrons. The Bertz CT molecular complexity index is 445. The van der Waals surface area contributed by atoms with Gasteiger partial charge < -0.3 is 5.11 Å². The fraction of sp³-hybridized carbons (Fsp3) is 0.111. The topological polar surface area (TPSA) is 54.4 Å². The van der Waals surface area contributed by atoms with E-state index in [1.54, 1.807) is 24.3 Å². The minimum atomic E-state index is -3.33. The lowest BCUT2D eigenvalue weighted by atomic mass is 10.2. The first kappa shape index (κ1) is 11.1. The molecule has 0 aliphatic rings. The summed E-state index contributed by atoms with van der Waals surface area (Å²) in [7, 11) is -3.33. The van der Waals surface area contributed by atoms with Crippen LogP contribution in [-0.4, -0.2) is 19.8 Å². The number of aliphatic hydroxyl groups excluding tert-OH is 1. The molecule has 1 N–H and O–H groups in total. The van der Waals surface area contributed by atoms with Crippen LogP contribution in [0.4, 0.5) is 0 Å². The van der Waals surface area contributed by atoms with Crippen LogP contribution >= 0.6 is 11.6 Å². The molecule has 0 aliphatic heterocycles. The molecular formula is C9H9ClO3S. The van der Waals surface area contributed by atoms with Crippen LogP contribution in [0, 0.1) is 0 Å². The Morgan fingerprint density at radius 2 is 1.86 bits per heavy atom. The van der Waals surface area contributed by atoms with E-state index in [1.165, 1.54) is 0 Å². The SMILES string of the molecule is CS(=O)(=O)C=C(O)c1ccc(Cl)cc1. The third-order valence-electron chi connectivity index (χ3n) is 1.47. The van der Waals surface area contributed by atoms with Crippen LogP contribution in [0.25, 0.3) is 5.76 Å². The second-order valence-electron chi connectivity index (χ2n) is 2.84. The highest BCUT2D eigenvalue weighted by molar-refractivity contribution is 7.93. The van der Waals surface area contributed by atoms with Crippen LogP contribution in [0.15, 0.2) is 29.7 Å². The summed E-state index contributed by atoms with van der Waals surface area (Å²) in [5.74, 6) is -0.288. The monoisotopic (exact) mass is 232 g/mol. The first-order chi connectivity index (χ1) is 6.38. The van der Waals surface area contributed by atoms with Crippen LogP contribution in [-0.2, 0) is 9.84 Å². The molecule has 1 aromatic rings. The van der Waals surface area contributed by atoms with Gasteiger partial charge in [-0.3, -0.25) is 0 Å². The van der Waals surface area contributed by atoms with Gasteiger partial charge in [0.05, 0.1) is 5.41 Å². The Morgan fingerprint density at radius 1 is 1.36 bits per heavy atom. The van der Waals surface area contributed by atoms with Gasteiger partial charge >= 0.3 is 0 Å². The molecule has 14 heavy (non-hydrogen) atoms. The summed E-state index contributed by atoms with van der Waals surface area (Å²) in [6.45, 7) is 0. The molecular weight excluding hydrogens is 224 g/mol. The summed E-state index contributed by atoms with van der Waals surface area (Å²) in [5.41, 5.74) is 0.417. The van der Waals surface area contributed by atoms with Crippen molar-refractivity contribution >= 4 is 27.2 Å². The number of hydrogen-bond acceptors (Lipinski definition) is 3. The van der Waals surface area contributed by atoms with E-state index in [-0.39, 0.29) is 5.76 Å². The summed E-state index contributed by atoms with van der Waals surface area (Å²) < 4.78 is 21.6. The number of hydrogen-bond donors (Lipinski definition) is 1. The quantitative estimate of drug-likeness (QED) is 0.796. The van der Waals surface area contributed by atoms with Crippen LogP contribution in [0.1, 0.15) is 5.56 Å². The summed E-state index contributed by atoms with van der Waals surface area (Å²) in [6, 6.07) is 6.23. The van der Waals surface area contributed by atoms with Gasteiger partial charge in [0.1, 0.15) is 5.76 Å². The third kappa shape index (κ3) is 3.40. The van der Waals surface area contributed by atoms with E-state index in [4.69, 9.17) is 11.6 Å². The lowest BCUT2D eigenvalue weighted by molar-refractivity contribution is 0.512. The van der Waals surface area contributed by atoms with Crippen LogP contribution in [0.2, 0.25) is 5.02 Å². The van der Waals surface area contributed by atoms with Crippen molar-refractivity contribution < 1.29 is 13.5 Å². The second kappa shape index (κ2) is 4.02. The third-order valence-corrected chi connectivity index (χ3v) is 2.37. The van der Waals surface area contributed by atoms with Gasteiger partial charge in [-0.05, 0) is 24.3 Å². The van der Waals surface area contributed by atoms with E-state index in [9.17, 15) is 13.5 Å². The molecule has 0 amide bonds. The zero-order valence-electron chi connectivity index (χ0n) is 7.44. The van der Waals surface area contributed by atoms with Crippen molar-refractivity contribution in [3.8, 4) is 0 Å². The maximum absolute atomic E-state index is 10.8. The van der Waals surface area contributed by atoms with Crippen molar-refractivity contribution in [3.05, 3.63) is 40.3 Å². The highest BCUT2D eigenvalue weighted by Gasteiger charge is 2.03. The minimum Gasteiger partial charge on any atom is -0.507 e. The van der Waals surface area contributed by atoms with Crippen LogP contribution in [0.5, 0.6) is 0 Å². The lowest BCUT2D eigenvalue weighted by Gasteiger charge is -1.99. The molecule has 0 bridgehead atoms. The van der Waals surface area contributed by atoms with E-state index in [0.29, 0.717) is 10.6 Å². The maximum atomic E-state index is 10.8. The van der Waals surface area contributed by atoms with Gasteiger partial charge in [0.25, 0.3) is 0 Å². The number of aliphatic hydroxyl groups is 1. The summed E-state index contributed by atoms with van der Waals surface area (Å²) in [4.78, 5) is 0. The standard InChI is InChI=1S/C9H9ClO3S/c1-14(12,13)6-9(11)7-2-4-8(10)5-3-7/h2-6,11H,1H3. The van der Waals surface area contributed by atoms with Crippen molar-refractivity contribution in [2.45, 2.75) is 0 Å². The van der Waals surface area contributed by atoms with Crippen molar-refractivity contribution in [2.24, 2.45) is 0 Å². The molecule has 0 radical (unpaired) electrons. The number of rotatable bonds is 2. The highest BCUT2D eigenvalue weighted by atomic mass is 35.5. The van der Waals surface area contributed by atoms with Crippen molar-refractivity contribution in [1.82, 2.24) is 0 Å². The second-order valence-corrected chi connectivity index (χ2v) is 5.17. The minimum absolute atomic E-state index is 0.288. The number of halogens is 1. The summed E-state index contributed by atoms with van der Waals surface area (Å²) >= 11 is 5.63. The highest BCUT2D eigenvalue weighted by Crippen LogP contribution is 2.15. The Morgan fingerprint density at radius 3 is 2.29 bits per heavy atom. The fourth-order valence-electron chi connectivity index (χ4n) is 0.891. The van der Waals surface area contributed by atoms with E-state index < -0.39 is 9.84 Å². The fourth-order valence-corrected chi connectivity index (χ4v) is 1.56. The molecule has 0 fully saturated rings. The zero-order chi connectivity index (χ0) is 10.8. The lowest BCUT2D eigenvalue weighted by Crippen LogP contribution is -1.92. The van der Waals surface area contributed by atoms with E-state index >= 15 is 0 Å². The van der Waals surface area contributed by atoms with E-state index in [1.807, 2.05) is 0 Å². The average molecular weight is 233 g/mol. The first-order valence-corrected chi connectivity index (χ1v) is 6.08. The van der Waals surface area contributed by atoms with Crippen LogP contribution in [0.3, 0.4) is 0 Å². The van der Waals surface area contributed by atoms with Gasteiger partial charge in [0.2, 0.25) is 0 Å². The number of sulfone groups is 1. The first-order valence-electron chi connectivity index (χ1n) is 3.75. The van der Waals surface area contributed by atoms with Gasteiger partial charge in [0, 0.05) is 16.8 Å². The molecule has 0 saturated carbocycles. The van der Waals surface area contributed by atoms with Gasteiger partial charge in [-0.25, -0.2) is 8.42 Å². The van der Waals surface area contributed by atoms with Gasteiger partial charge in [-0.1, -0.05) is 11.6 Å². The molecule has 3 nitrogen and oxygen atoms in total. The molecule has 1 aromatic carbocycles. The predicted octanol–water partition coefficient (Wildman–Crippen LogP) is 2.24. The van der Waals surface area contributed by atoms with Crippen LogP contribution < -0.4 is 0 Å². The largest absolute Gasteiger partial charge is 0.507 e. The molecule has 0 unspecified atom stereocenters. The normalized spacial score (nSPS) is 12.9. The molecule has 5 heteroatoms. The molecule has 0 heterocycles. The maximum Gasteiger partial charge on any atom is 0.172 e. The van der Waals surface area contributed by atoms with Crippen molar-refractivity contribution in [3.63, 3.8) is 0 Å². The van der Waals surface area contributed by atoms with E-state index in [2.05, 4.69) is 0 Å². The summed E-state index contributed by atoms with van der Waals surface area (Å²) in [6.07, 6.45) is 1.01. The Hall–Kier alpha value is -1.00. The van der Waals surface area contributed by atoms with Gasteiger partial charge in [-0.2, -0.15) is 0 Å². The van der Waals surface area contributed by atoms with E-state index in [0.717, 1.165) is 11.7 Å². The zero-order valence-corrected chi connectivity index (χ0v) is 9.01. The van der Waals surface area contributed by atoms with Crippen molar-refractivity contribution in [2.75, 3.05) is 6.26 Å². The van der Waals surface area contributed by atoms with Gasteiger partial charge in [-0.15, -0.1) is 0 Å². The predicted molar refractivity (Wildman–Crippen MR) is 56.9 cm³/mol. The number of benzene rings is 1. The molecule has 0 saturated heterocycles. The Labute approximate surface area is 87.6 Å². The molecule has 0 aromatic heterocycles. The molecule has 1 rings (SSSR count). The average Bonchev–Trinajstić information content (AvgIpc) is 2.02.